The zero-order valence-corrected chi connectivity index (χ0v) is 9.05. The molecule has 15 heavy (non-hydrogen) atoms. The highest BCUT2D eigenvalue weighted by Gasteiger charge is 2.37. The van der Waals surface area contributed by atoms with E-state index in [1.54, 1.807) is 6.07 Å². The number of hydrogen-bond acceptors (Lipinski definition) is 2. The highest BCUT2D eigenvalue weighted by atomic mass is 19.1. The van der Waals surface area contributed by atoms with Gasteiger partial charge in [-0.3, -0.25) is 0 Å². The summed E-state index contributed by atoms with van der Waals surface area (Å²) < 4.78 is 24.3. The Morgan fingerprint density at radius 2 is 2.00 bits per heavy atom. The third kappa shape index (κ3) is 1.77. The summed E-state index contributed by atoms with van der Waals surface area (Å²) in [6.07, 6.45) is 0.736. The largest absolute Gasteiger partial charge is 0.343 e. The number of halogens is 1. The molecule has 2 rings (SSSR count). The third-order valence-corrected chi connectivity index (χ3v) is 2.82. The van der Waals surface area contributed by atoms with E-state index in [2.05, 4.69) is 0 Å². The predicted octanol–water partition coefficient (Wildman–Crippen LogP) is 2.74. The van der Waals surface area contributed by atoms with E-state index in [-0.39, 0.29) is 5.82 Å². The van der Waals surface area contributed by atoms with Crippen LogP contribution >= 0.6 is 0 Å². The fourth-order valence-corrected chi connectivity index (χ4v) is 2.06. The van der Waals surface area contributed by atoms with Gasteiger partial charge in [-0.1, -0.05) is 13.0 Å². The summed E-state index contributed by atoms with van der Waals surface area (Å²) in [5.41, 5.74) is 1.81. The smallest absolute Gasteiger partial charge is 0.194 e. The molecule has 1 aromatic carbocycles. The van der Waals surface area contributed by atoms with Crippen LogP contribution in [0.15, 0.2) is 18.2 Å². The van der Waals surface area contributed by atoms with Crippen molar-refractivity contribution in [1.29, 1.82) is 0 Å². The molecule has 0 aliphatic carbocycles. The third-order valence-electron chi connectivity index (χ3n) is 2.82. The first-order valence-corrected chi connectivity index (χ1v) is 5.22. The van der Waals surface area contributed by atoms with E-state index in [1.165, 1.54) is 12.1 Å². The molecule has 3 heteroatoms. The molecular formula is C12H15FO2. The van der Waals surface area contributed by atoms with Crippen molar-refractivity contribution >= 4 is 0 Å². The monoisotopic (exact) mass is 210 g/mol. The van der Waals surface area contributed by atoms with E-state index >= 15 is 0 Å². The molecule has 0 amide bonds. The minimum Gasteiger partial charge on any atom is -0.343 e. The van der Waals surface area contributed by atoms with Gasteiger partial charge in [0.15, 0.2) is 5.79 Å². The molecule has 1 aliphatic heterocycles. The minimum absolute atomic E-state index is 0.222. The molecule has 1 saturated heterocycles. The lowest BCUT2D eigenvalue weighted by molar-refractivity contribution is -0.168. The van der Waals surface area contributed by atoms with Gasteiger partial charge in [0.1, 0.15) is 5.82 Å². The molecule has 0 N–H and O–H groups in total. The van der Waals surface area contributed by atoms with Crippen LogP contribution in [-0.2, 0) is 15.3 Å². The summed E-state index contributed by atoms with van der Waals surface area (Å²) in [5.74, 6) is -0.877. The van der Waals surface area contributed by atoms with Gasteiger partial charge in [0, 0.05) is 12.0 Å². The van der Waals surface area contributed by atoms with Crippen molar-refractivity contribution in [2.24, 2.45) is 0 Å². The van der Waals surface area contributed by atoms with E-state index in [4.69, 9.17) is 9.47 Å². The molecule has 0 bridgehead atoms. The summed E-state index contributed by atoms with van der Waals surface area (Å²) in [6.45, 7) is 5.09. The summed E-state index contributed by atoms with van der Waals surface area (Å²) >= 11 is 0. The van der Waals surface area contributed by atoms with Crippen LogP contribution in [0.3, 0.4) is 0 Å². The molecule has 1 aromatic rings. The second-order valence-corrected chi connectivity index (χ2v) is 3.76. The first-order valence-electron chi connectivity index (χ1n) is 5.22. The molecule has 2 nitrogen and oxygen atoms in total. The molecule has 0 atom stereocenters. The summed E-state index contributed by atoms with van der Waals surface area (Å²) in [4.78, 5) is 0. The van der Waals surface area contributed by atoms with Crippen LogP contribution in [0, 0.1) is 12.7 Å². The maximum atomic E-state index is 13.0. The molecular weight excluding hydrogens is 195 g/mol. The molecule has 0 aromatic heterocycles. The van der Waals surface area contributed by atoms with E-state index in [1.807, 2.05) is 13.8 Å². The van der Waals surface area contributed by atoms with Crippen molar-refractivity contribution in [2.75, 3.05) is 13.2 Å². The van der Waals surface area contributed by atoms with Crippen molar-refractivity contribution in [2.45, 2.75) is 26.1 Å². The lowest BCUT2D eigenvalue weighted by Gasteiger charge is -2.27. The number of benzene rings is 1. The lowest BCUT2D eigenvalue weighted by Crippen LogP contribution is -2.27. The molecule has 1 fully saturated rings. The van der Waals surface area contributed by atoms with E-state index in [9.17, 15) is 4.39 Å². The number of aryl methyl sites for hydroxylation is 1. The Labute approximate surface area is 89.0 Å². The summed E-state index contributed by atoms with van der Waals surface area (Å²) in [6, 6.07) is 4.71. The van der Waals surface area contributed by atoms with Gasteiger partial charge in [-0.25, -0.2) is 4.39 Å². The average molecular weight is 210 g/mol. The Morgan fingerprint density at radius 3 is 2.53 bits per heavy atom. The second kappa shape index (κ2) is 3.91. The minimum atomic E-state index is -0.655. The summed E-state index contributed by atoms with van der Waals surface area (Å²) in [5, 5.41) is 0. The standard InChI is InChI=1S/C12H15FO2/c1-3-12(14-6-7-15-12)11-5-4-10(13)8-9(11)2/h4-5,8H,3,6-7H2,1-2H3. The number of rotatable bonds is 2. The normalized spacial score (nSPS) is 19.4. The Bertz CT molecular complexity index is 357. The predicted molar refractivity (Wildman–Crippen MR) is 55.0 cm³/mol. The topological polar surface area (TPSA) is 18.5 Å². The molecule has 0 saturated carbocycles. The van der Waals surface area contributed by atoms with Crippen molar-refractivity contribution in [3.63, 3.8) is 0 Å². The Kier molecular flexibility index (Phi) is 2.76. The van der Waals surface area contributed by atoms with Crippen molar-refractivity contribution in [3.8, 4) is 0 Å². The van der Waals surface area contributed by atoms with Crippen LogP contribution < -0.4 is 0 Å². The van der Waals surface area contributed by atoms with Crippen LogP contribution in [-0.4, -0.2) is 13.2 Å². The first kappa shape index (κ1) is 10.6. The van der Waals surface area contributed by atoms with Gasteiger partial charge in [-0.05, 0) is 24.6 Å². The van der Waals surface area contributed by atoms with Crippen LogP contribution in [0.1, 0.15) is 24.5 Å². The second-order valence-electron chi connectivity index (χ2n) is 3.76. The maximum absolute atomic E-state index is 13.0. The summed E-state index contributed by atoms with van der Waals surface area (Å²) in [7, 11) is 0. The van der Waals surface area contributed by atoms with E-state index in [0.717, 1.165) is 17.5 Å². The van der Waals surface area contributed by atoms with Crippen molar-refractivity contribution < 1.29 is 13.9 Å². The van der Waals surface area contributed by atoms with Crippen LogP contribution in [0.25, 0.3) is 0 Å². The van der Waals surface area contributed by atoms with Gasteiger partial charge in [0.2, 0.25) is 0 Å². The first-order chi connectivity index (χ1) is 7.18. The van der Waals surface area contributed by atoms with Gasteiger partial charge < -0.3 is 9.47 Å². The highest BCUT2D eigenvalue weighted by molar-refractivity contribution is 5.31. The number of hydrogen-bond donors (Lipinski definition) is 0. The fraction of sp³-hybridized carbons (Fsp3) is 0.500. The van der Waals surface area contributed by atoms with Crippen LogP contribution in [0.4, 0.5) is 4.39 Å². The SMILES string of the molecule is CCC1(c2ccc(F)cc2C)OCCO1. The van der Waals surface area contributed by atoms with E-state index in [0.29, 0.717) is 13.2 Å². The Hall–Kier alpha value is -0.930. The van der Waals surface area contributed by atoms with E-state index < -0.39 is 5.79 Å². The van der Waals surface area contributed by atoms with Crippen molar-refractivity contribution in [1.82, 2.24) is 0 Å². The maximum Gasteiger partial charge on any atom is 0.194 e. The Balaban J connectivity index is 2.42. The zero-order chi connectivity index (χ0) is 10.9. The van der Waals surface area contributed by atoms with Crippen LogP contribution in [0.2, 0.25) is 0 Å². The van der Waals surface area contributed by atoms with Crippen molar-refractivity contribution in [3.05, 3.63) is 35.1 Å². The van der Waals surface area contributed by atoms with Crippen LogP contribution in [0.5, 0.6) is 0 Å². The molecule has 82 valence electrons. The lowest BCUT2D eigenvalue weighted by atomic mass is 9.98. The molecule has 0 spiro atoms. The number of ether oxygens (including phenoxy) is 2. The average Bonchev–Trinajstić information content (AvgIpc) is 2.67. The molecule has 0 radical (unpaired) electrons. The molecule has 1 heterocycles. The zero-order valence-electron chi connectivity index (χ0n) is 9.05. The molecule has 1 aliphatic rings. The fourth-order valence-electron chi connectivity index (χ4n) is 2.06. The van der Waals surface area contributed by atoms with Gasteiger partial charge in [-0.2, -0.15) is 0 Å². The quantitative estimate of drug-likeness (QED) is 0.747. The van der Waals surface area contributed by atoms with Gasteiger partial charge in [-0.15, -0.1) is 0 Å². The van der Waals surface area contributed by atoms with Gasteiger partial charge in [0.25, 0.3) is 0 Å². The molecule has 0 unspecified atom stereocenters. The highest BCUT2D eigenvalue weighted by Crippen LogP contribution is 2.36. The van der Waals surface area contributed by atoms with Gasteiger partial charge >= 0.3 is 0 Å². The Morgan fingerprint density at radius 1 is 1.33 bits per heavy atom. The van der Waals surface area contributed by atoms with Gasteiger partial charge in [0.05, 0.1) is 13.2 Å².